The van der Waals surface area contributed by atoms with E-state index in [0.717, 1.165) is 31.9 Å². The first kappa shape index (κ1) is 22.5. The van der Waals surface area contributed by atoms with Gasteiger partial charge in [-0.05, 0) is 82.9 Å². The number of anilines is 2. The zero-order chi connectivity index (χ0) is 21.7. The number of rotatable bonds is 7. The molecule has 0 radical (unpaired) electrons. The molecule has 0 bridgehead atoms. The van der Waals surface area contributed by atoms with Gasteiger partial charge in [0, 0.05) is 28.0 Å². The Morgan fingerprint density at radius 2 is 1.77 bits per heavy atom. The van der Waals surface area contributed by atoms with E-state index in [4.69, 9.17) is 27.9 Å². The molecule has 0 saturated carbocycles. The van der Waals surface area contributed by atoms with Gasteiger partial charge in [0.25, 0.3) is 5.91 Å². The van der Waals surface area contributed by atoms with Crippen molar-refractivity contribution in [1.29, 1.82) is 0 Å². The van der Waals surface area contributed by atoms with Gasteiger partial charge >= 0.3 is 0 Å². The molecule has 3 aromatic carbocycles. The fraction of sp³-hybridized carbons (Fsp3) is 0.174. The van der Waals surface area contributed by atoms with Crippen molar-refractivity contribution in [3.8, 4) is 5.75 Å². The molecule has 0 atom stereocenters. The Morgan fingerprint density at radius 1 is 1.00 bits per heavy atom. The van der Waals surface area contributed by atoms with Crippen molar-refractivity contribution >= 4 is 56.4 Å². The Hall–Kier alpha value is -2.21. The van der Waals surface area contributed by atoms with Gasteiger partial charge in [0.1, 0.15) is 5.75 Å². The van der Waals surface area contributed by atoms with Crippen LogP contribution in [0.1, 0.15) is 16.7 Å². The zero-order valence-electron chi connectivity index (χ0n) is 16.6. The molecule has 3 aromatic rings. The largest absolute Gasteiger partial charge is 0.483 e. The Labute approximate surface area is 194 Å². The lowest BCUT2D eigenvalue weighted by Gasteiger charge is -2.12. The van der Waals surface area contributed by atoms with Crippen molar-refractivity contribution in [2.24, 2.45) is 0 Å². The van der Waals surface area contributed by atoms with Crippen LogP contribution in [-0.2, 0) is 11.3 Å². The van der Waals surface area contributed by atoms with Crippen LogP contribution in [0.5, 0.6) is 5.75 Å². The Bertz CT molecular complexity index is 1070. The van der Waals surface area contributed by atoms with Gasteiger partial charge in [-0.15, -0.1) is 0 Å². The normalized spacial score (nSPS) is 10.6. The number of ether oxygens (including phenoxy) is 1. The van der Waals surface area contributed by atoms with Gasteiger partial charge < -0.3 is 15.4 Å². The fourth-order valence-electron chi connectivity index (χ4n) is 2.74. The topological polar surface area (TPSA) is 50.4 Å². The standard InChI is InChI=1S/C23H21BrCl2N2O2/c1-14-4-7-18(11-20(14)26)27-12-16-5-8-22(19(24)9-16)30-13-23(29)28-21-10-17(25)6-3-15(21)2/h3-11,27H,12-13H2,1-2H3,(H,28,29). The van der Waals surface area contributed by atoms with Gasteiger partial charge in [-0.25, -0.2) is 0 Å². The van der Waals surface area contributed by atoms with E-state index in [1.807, 2.05) is 56.3 Å². The number of hydrogen-bond acceptors (Lipinski definition) is 3. The van der Waals surface area contributed by atoms with E-state index in [2.05, 4.69) is 26.6 Å². The van der Waals surface area contributed by atoms with Crippen LogP contribution in [0.4, 0.5) is 11.4 Å². The Morgan fingerprint density at radius 3 is 2.50 bits per heavy atom. The molecule has 4 nitrogen and oxygen atoms in total. The Kier molecular flexibility index (Phi) is 7.64. The number of amides is 1. The van der Waals surface area contributed by atoms with E-state index in [-0.39, 0.29) is 12.5 Å². The molecule has 0 aromatic heterocycles. The first-order valence-electron chi connectivity index (χ1n) is 9.29. The van der Waals surface area contributed by atoms with Gasteiger partial charge in [-0.3, -0.25) is 4.79 Å². The van der Waals surface area contributed by atoms with E-state index >= 15 is 0 Å². The van der Waals surface area contributed by atoms with Crippen LogP contribution in [0.3, 0.4) is 0 Å². The van der Waals surface area contributed by atoms with Crippen molar-refractivity contribution < 1.29 is 9.53 Å². The Balaban J connectivity index is 1.55. The lowest BCUT2D eigenvalue weighted by molar-refractivity contribution is -0.118. The summed E-state index contributed by atoms with van der Waals surface area (Å²) < 4.78 is 6.43. The predicted molar refractivity (Wildman–Crippen MR) is 128 cm³/mol. The van der Waals surface area contributed by atoms with Crippen LogP contribution in [0.25, 0.3) is 0 Å². The van der Waals surface area contributed by atoms with E-state index in [9.17, 15) is 4.79 Å². The molecule has 2 N–H and O–H groups in total. The molecule has 30 heavy (non-hydrogen) atoms. The number of benzene rings is 3. The third-order valence-electron chi connectivity index (χ3n) is 4.50. The average Bonchev–Trinajstić information content (AvgIpc) is 2.71. The van der Waals surface area contributed by atoms with Crippen LogP contribution in [-0.4, -0.2) is 12.5 Å². The number of halogens is 3. The molecule has 0 aliphatic heterocycles. The molecule has 156 valence electrons. The zero-order valence-corrected chi connectivity index (χ0v) is 19.7. The monoisotopic (exact) mass is 506 g/mol. The highest BCUT2D eigenvalue weighted by Crippen LogP contribution is 2.27. The number of carbonyl (C=O) groups is 1. The summed E-state index contributed by atoms with van der Waals surface area (Å²) in [5, 5.41) is 7.46. The maximum absolute atomic E-state index is 12.2. The van der Waals surface area contributed by atoms with Gasteiger partial charge in [-0.1, -0.05) is 41.4 Å². The van der Waals surface area contributed by atoms with E-state index in [1.165, 1.54) is 0 Å². The summed E-state index contributed by atoms with van der Waals surface area (Å²) in [4.78, 5) is 12.2. The highest BCUT2D eigenvalue weighted by molar-refractivity contribution is 9.10. The second-order valence-corrected chi connectivity index (χ2v) is 8.58. The fourth-order valence-corrected chi connectivity index (χ4v) is 3.63. The van der Waals surface area contributed by atoms with Crippen molar-refractivity contribution in [3.63, 3.8) is 0 Å². The first-order chi connectivity index (χ1) is 14.3. The second kappa shape index (κ2) is 10.2. The molecule has 0 unspecified atom stereocenters. The summed E-state index contributed by atoms with van der Waals surface area (Å²) in [7, 11) is 0. The van der Waals surface area contributed by atoms with E-state index in [1.54, 1.807) is 12.1 Å². The molecule has 0 aliphatic carbocycles. The number of aryl methyl sites for hydroxylation is 2. The van der Waals surface area contributed by atoms with Crippen LogP contribution in [0, 0.1) is 13.8 Å². The third kappa shape index (κ3) is 6.14. The summed E-state index contributed by atoms with van der Waals surface area (Å²) in [5.41, 5.74) is 4.66. The summed E-state index contributed by atoms with van der Waals surface area (Å²) in [5.74, 6) is 0.337. The predicted octanol–water partition coefficient (Wildman–Crippen LogP) is 7.00. The van der Waals surface area contributed by atoms with Crippen LogP contribution < -0.4 is 15.4 Å². The second-order valence-electron chi connectivity index (χ2n) is 6.88. The average molecular weight is 508 g/mol. The SMILES string of the molecule is Cc1ccc(NCc2ccc(OCC(=O)Nc3cc(Cl)ccc3C)c(Br)c2)cc1Cl. The van der Waals surface area contributed by atoms with Crippen LogP contribution >= 0.6 is 39.1 Å². The lowest BCUT2D eigenvalue weighted by Crippen LogP contribution is -2.20. The summed E-state index contributed by atoms with van der Waals surface area (Å²) in [6.07, 6.45) is 0. The molecular weight excluding hydrogens is 487 g/mol. The van der Waals surface area contributed by atoms with Crippen molar-refractivity contribution in [1.82, 2.24) is 0 Å². The summed E-state index contributed by atoms with van der Waals surface area (Å²) in [6.45, 7) is 4.40. The highest BCUT2D eigenvalue weighted by atomic mass is 79.9. The van der Waals surface area contributed by atoms with Crippen LogP contribution in [0.15, 0.2) is 59.1 Å². The van der Waals surface area contributed by atoms with Gasteiger partial charge in [-0.2, -0.15) is 0 Å². The van der Waals surface area contributed by atoms with Gasteiger partial charge in [0.2, 0.25) is 0 Å². The van der Waals surface area contributed by atoms with Crippen molar-refractivity contribution in [2.75, 3.05) is 17.2 Å². The molecule has 7 heteroatoms. The number of carbonyl (C=O) groups excluding carboxylic acids is 1. The molecule has 1 amide bonds. The minimum Gasteiger partial charge on any atom is -0.483 e. The van der Waals surface area contributed by atoms with E-state index in [0.29, 0.717) is 23.0 Å². The van der Waals surface area contributed by atoms with Crippen LogP contribution in [0.2, 0.25) is 10.0 Å². The molecule has 0 aliphatic rings. The minimum atomic E-state index is -0.255. The molecule has 0 heterocycles. The number of hydrogen-bond donors (Lipinski definition) is 2. The summed E-state index contributed by atoms with van der Waals surface area (Å²) in [6, 6.07) is 17.0. The third-order valence-corrected chi connectivity index (χ3v) is 5.76. The molecule has 3 rings (SSSR count). The van der Waals surface area contributed by atoms with E-state index < -0.39 is 0 Å². The maximum atomic E-state index is 12.2. The summed E-state index contributed by atoms with van der Waals surface area (Å²) >= 11 is 15.7. The first-order valence-corrected chi connectivity index (χ1v) is 10.8. The van der Waals surface area contributed by atoms with Gasteiger partial charge in [0.05, 0.1) is 4.47 Å². The molecule has 0 saturated heterocycles. The quantitative estimate of drug-likeness (QED) is 0.362. The molecule has 0 fully saturated rings. The molecular formula is C23H21BrCl2N2O2. The van der Waals surface area contributed by atoms with Gasteiger partial charge in [0.15, 0.2) is 6.61 Å². The smallest absolute Gasteiger partial charge is 0.262 e. The van der Waals surface area contributed by atoms with Crippen molar-refractivity contribution in [2.45, 2.75) is 20.4 Å². The van der Waals surface area contributed by atoms with Crippen molar-refractivity contribution in [3.05, 3.63) is 85.8 Å². The lowest BCUT2D eigenvalue weighted by atomic mass is 10.2. The molecule has 0 spiro atoms. The minimum absolute atomic E-state index is 0.107. The number of nitrogens with one attached hydrogen (secondary N) is 2. The maximum Gasteiger partial charge on any atom is 0.262 e. The highest BCUT2D eigenvalue weighted by Gasteiger charge is 2.09.